The normalized spacial score (nSPS) is 16.1. The summed E-state index contributed by atoms with van der Waals surface area (Å²) >= 11 is 0. The van der Waals surface area contributed by atoms with Gasteiger partial charge >= 0.3 is 0 Å². The molecule has 0 heterocycles. The monoisotopic (exact) mass is 164 g/mol. The van der Waals surface area contributed by atoms with Crippen molar-refractivity contribution in [3.8, 4) is 0 Å². The third kappa shape index (κ3) is 4.11. The van der Waals surface area contributed by atoms with Gasteiger partial charge < -0.3 is 4.57 Å². The van der Waals surface area contributed by atoms with E-state index in [1.165, 1.54) is 0 Å². The fourth-order valence-corrected chi connectivity index (χ4v) is 2.11. The molecule has 2 heteroatoms. The zero-order chi connectivity index (χ0) is 7.49. The summed E-state index contributed by atoms with van der Waals surface area (Å²) in [5.74, 6) is 0. The van der Waals surface area contributed by atoms with Crippen LogP contribution in [0.4, 0.5) is 0 Å². The molecule has 0 spiro atoms. The van der Waals surface area contributed by atoms with Crippen molar-refractivity contribution in [1.82, 2.24) is 0 Å². The van der Waals surface area contributed by atoms with Crippen LogP contribution in [0.2, 0.25) is 0 Å². The van der Waals surface area contributed by atoms with E-state index in [-0.39, 0.29) is 7.43 Å². The van der Waals surface area contributed by atoms with Gasteiger partial charge in [-0.1, -0.05) is 28.2 Å². The first-order valence-corrected chi connectivity index (χ1v) is 5.97. The Morgan fingerprint density at radius 3 is 1.90 bits per heavy atom. The van der Waals surface area contributed by atoms with Crippen molar-refractivity contribution in [1.29, 1.82) is 0 Å². The number of hydrogen-bond acceptors (Lipinski definition) is 1. The molecule has 0 amide bonds. The van der Waals surface area contributed by atoms with E-state index < -0.39 is 7.14 Å². The molecule has 64 valence electrons. The minimum atomic E-state index is -1.76. The largest absolute Gasteiger partial charge is 0.324 e. The van der Waals surface area contributed by atoms with Crippen molar-refractivity contribution < 1.29 is 4.57 Å². The molecule has 0 bridgehead atoms. The van der Waals surface area contributed by atoms with Crippen molar-refractivity contribution in [2.24, 2.45) is 0 Å². The second-order valence-corrected chi connectivity index (χ2v) is 6.82. The molecule has 0 rings (SSSR count). The van der Waals surface area contributed by atoms with E-state index in [4.69, 9.17) is 0 Å². The van der Waals surface area contributed by atoms with Crippen LogP contribution in [0.25, 0.3) is 0 Å². The molecular weight excluding hydrogens is 143 g/mol. The minimum Gasteiger partial charge on any atom is -0.324 e. The molecule has 0 aromatic heterocycles. The van der Waals surface area contributed by atoms with Gasteiger partial charge in [-0.15, -0.1) is 0 Å². The lowest BCUT2D eigenvalue weighted by atomic mass is 10.6. The van der Waals surface area contributed by atoms with E-state index in [0.717, 1.165) is 12.6 Å². The minimum absolute atomic E-state index is 0. The Hall–Kier alpha value is 0.230. The Morgan fingerprint density at radius 1 is 1.40 bits per heavy atom. The van der Waals surface area contributed by atoms with Gasteiger partial charge in [0.2, 0.25) is 0 Å². The van der Waals surface area contributed by atoms with Crippen LogP contribution in [0.5, 0.6) is 0 Å². The van der Waals surface area contributed by atoms with Gasteiger partial charge in [0.1, 0.15) is 0 Å². The first kappa shape index (κ1) is 12.9. The maximum absolute atomic E-state index is 11.5. The Labute approximate surface area is 65.6 Å². The zero-order valence-electron chi connectivity index (χ0n) is 6.85. The third-order valence-electron chi connectivity index (χ3n) is 1.76. The summed E-state index contributed by atoms with van der Waals surface area (Å²) < 4.78 is 11.5. The first-order chi connectivity index (χ1) is 4.00. The fourth-order valence-electron chi connectivity index (χ4n) is 0.702. The third-order valence-corrected chi connectivity index (χ3v) is 5.28. The quantitative estimate of drug-likeness (QED) is 0.584. The van der Waals surface area contributed by atoms with Gasteiger partial charge in [0, 0.05) is 11.8 Å². The molecule has 1 atom stereocenters. The van der Waals surface area contributed by atoms with E-state index in [9.17, 15) is 4.57 Å². The van der Waals surface area contributed by atoms with Crippen LogP contribution in [-0.4, -0.2) is 18.5 Å². The maximum Gasteiger partial charge on any atom is 0.0872 e. The summed E-state index contributed by atoms with van der Waals surface area (Å²) in [5, 5.41) is 0. The van der Waals surface area contributed by atoms with Gasteiger partial charge in [-0.3, -0.25) is 0 Å². The predicted molar refractivity (Wildman–Crippen MR) is 50.6 cm³/mol. The number of hydrogen-bond donors (Lipinski definition) is 0. The first-order valence-electron chi connectivity index (χ1n) is 3.57. The molecule has 0 aliphatic carbocycles. The summed E-state index contributed by atoms with van der Waals surface area (Å²) in [4.78, 5) is 0. The van der Waals surface area contributed by atoms with Crippen LogP contribution < -0.4 is 0 Å². The van der Waals surface area contributed by atoms with Crippen molar-refractivity contribution in [3.05, 3.63) is 0 Å². The smallest absolute Gasteiger partial charge is 0.0872 e. The summed E-state index contributed by atoms with van der Waals surface area (Å²) in [6.45, 7) is 8.06. The average Bonchev–Trinajstić information content (AvgIpc) is 1.65. The highest BCUT2D eigenvalue weighted by atomic mass is 31.2. The molecule has 10 heavy (non-hydrogen) atoms. The SMILES string of the molecule is C.CCCP(C)(=O)C(C)C. The molecule has 0 fully saturated rings. The Morgan fingerprint density at radius 2 is 1.80 bits per heavy atom. The molecule has 0 aromatic rings. The summed E-state index contributed by atoms with van der Waals surface area (Å²) in [6, 6.07) is 0. The van der Waals surface area contributed by atoms with Gasteiger partial charge in [0.05, 0.1) is 7.14 Å². The van der Waals surface area contributed by atoms with Crippen molar-refractivity contribution >= 4 is 7.14 Å². The standard InChI is InChI=1S/C7H17OP.CH4/c1-5-6-9(4,8)7(2)3;/h7H,5-6H2,1-4H3;1H4. The van der Waals surface area contributed by atoms with Crippen LogP contribution in [0, 0.1) is 0 Å². The molecule has 1 nitrogen and oxygen atoms in total. The van der Waals surface area contributed by atoms with Crippen molar-refractivity contribution in [2.75, 3.05) is 12.8 Å². The lowest BCUT2D eigenvalue weighted by Gasteiger charge is -2.14. The highest BCUT2D eigenvalue weighted by Crippen LogP contribution is 2.46. The second-order valence-electron chi connectivity index (χ2n) is 2.99. The predicted octanol–water partition coefficient (Wildman–Crippen LogP) is 3.43. The molecule has 0 radical (unpaired) electrons. The number of rotatable bonds is 3. The summed E-state index contributed by atoms with van der Waals surface area (Å²) in [6.07, 6.45) is 1.95. The lowest BCUT2D eigenvalue weighted by Crippen LogP contribution is -1.99. The van der Waals surface area contributed by atoms with Crippen LogP contribution in [0.3, 0.4) is 0 Å². The molecule has 0 saturated carbocycles. The van der Waals surface area contributed by atoms with Crippen LogP contribution in [-0.2, 0) is 4.57 Å². The van der Waals surface area contributed by atoms with Crippen molar-refractivity contribution in [3.63, 3.8) is 0 Å². The second kappa shape index (κ2) is 4.96. The molecule has 0 saturated heterocycles. The van der Waals surface area contributed by atoms with Gasteiger partial charge in [-0.2, -0.15) is 0 Å². The zero-order valence-corrected chi connectivity index (χ0v) is 7.74. The van der Waals surface area contributed by atoms with E-state index >= 15 is 0 Å². The summed E-state index contributed by atoms with van der Waals surface area (Å²) in [7, 11) is -1.76. The molecule has 0 aliphatic heterocycles. The van der Waals surface area contributed by atoms with Gasteiger partial charge in [-0.05, 0) is 13.1 Å². The van der Waals surface area contributed by atoms with Gasteiger partial charge in [0.25, 0.3) is 0 Å². The maximum atomic E-state index is 11.5. The molecular formula is C8H21OP. The van der Waals surface area contributed by atoms with Crippen molar-refractivity contribution in [2.45, 2.75) is 40.3 Å². The Kier molecular flexibility index (Phi) is 6.38. The molecule has 0 N–H and O–H groups in total. The molecule has 1 unspecified atom stereocenters. The van der Waals surface area contributed by atoms with E-state index in [1.807, 2.05) is 20.5 Å². The van der Waals surface area contributed by atoms with E-state index in [2.05, 4.69) is 6.92 Å². The molecule has 0 aliphatic rings. The van der Waals surface area contributed by atoms with Crippen LogP contribution >= 0.6 is 7.14 Å². The highest BCUT2D eigenvalue weighted by molar-refractivity contribution is 7.63. The molecule has 0 aromatic carbocycles. The summed E-state index contributed by atoms with van der Waals surface area (Å²) in [5.41, 5.74) is 0.373. The topological polar surface area (TPSA) is 17.1 Å². The fraction of sp³-hybridized carbons (Fsp3) is 1.00. The van der Waals surface area contributed by atoms with Crippen LogP contribution in [0.1, 0.15) is 34.6 Å². The highest BCUT2D eigenvalue weighted by Gasteiger charge is 2.17. The average molecular weight is 164 g/mol. The Balaban J connectivity index is 0. The van der Waals surface area contributed by atoms with E-state index in [0.29, 0.717) is 5.66 Å². The van der Waals surface area contributed by atoms with Crippen LogP contribution in [0.15, 0.2) is 0 Å². The van der Waals surface area contributed by atoms with E-state index in [1.54, 1.807) is 0 Å². The Bertz CT molecular complexity index is 118. The van der Waals surface area contributed by atoms with Gasteiger partial charge in [-0.25, -0.2) is 0 Å². The lowest BCUT2D eigenvalue weighted by molar-refractivity contribution is 0.571. The van der Waals surface area contributed by atoms with Gasteiger partial charge in [0.15, 0.2) is 0 Å².